The van der Waals surface area contributed by atoms with Crippen LogP contribution in [0, 0.1) is 0 Å². The molecule has 9 heteroatoms. The maximum atomic E-state index is 13.8. The molecule has 9 nitrogen and oxygen atoms in total. The van der Waals surface area contributed by atoms with Crippen LogP contribution in [-0.4, -0.2) is 45.0 Å². The standard InChI is InChI=1S/C30H33N7O2/c31-19-7-1-2-12-28(38)32-26-18-17-23-8-3-6-11-27(23)37(30(26)39)20-21-13-15-22(16-14-21)24-9-4-5-10-25(24)29-33-35-36-34-29/h3-6,8-11,13-16,26H,1-2,7,12,17-20,31H2,(H,32,38)(H,33,34,35,36). The van der Waals surface area contributed by atoms with Crippen LogP contribution in [0.5, 0.6) is 0 Å². The molecule has 4 aromatic rings. The number of hydrogen-bond acceptors (Lipinski definition) is 6. The van der Waals surface area contributed by atoms with Crippen LogP contribution in [0.15, 0.2) is 72.8 Å². The Morgan fingerprint density at radius 2 is 1.74 bits per heavy atom. The third-order valence-corrected chi connectivity index (χ3v) is 7.13. The Kier molecular flexibility index (Phi) is 8.38. The number of nitrogens with one attached hydrogen (secondary N) is 2. The van der Waals surface area contributed by atoms with Crippen molar-refractivity contribution in [2.24, 2.45) is 5.73 Å². The number of aryl methyl sites for hydroxylation is 1. The van der Waals surface area contributed by atoms with Gasteiger partial charge in [-0.25, -0.2) is 5.10 Å². The molecule has 1 unspecified atom stereocenters. The van der Waals surface area contributed by atoms with Gasteiger partial charge < -0.3 is 16.0 Å². The Bertz CT molecular complexity index is 1400. The number of para-hydroxylation sites is 1. The number of carbonyl (C=O) groups is 2. The smallest absolute Gasteiger partial charge is 0.249 e. The molecule has 3 aromatic carbocycles. The van der Waals surface area contributed by atoms with Gasteiger partial charge in [-0.2, -0.15) is 0 Å². The summed E-state index contributed by atoms with van der Waals surface area (Å²) < 4.78 is 0. The van der Waals surface area contributed by atoms with E-state index in [-0.39, 0.29) is 11.8 Å². The number of unbranched alkanes of at least 4 members (excludes halogenated alkanes) is 2. The summed E-state index contributed by atoms with van der Waals surface area (Å²) >= 11 is 0. The van der Waals surface area contributed by atoms with Crippen molar-refractivity contribution >= 4 is 17.5 Å². The summed E-state index contributed by atoms with van der Waals surface area (Å²) in [6, 6.07) is 23.6. The van der Waals surface area contributed by atoms with Crippen molar-refractivity contribution in [3.05, 3.63) is 83.9 Å². The van der Waals surface area contributed by atoms with Gasteiger partial charge in [0.05, 0.1) is 6.54 Å². The van der Waals surface area contributed by atoms with Crippen molar-refractivity contribution in [1.29, 1.82) is 0 Å². The number of carbonyl (C=O) groups excluding carboxylic acids is 2. The van der Waals surface area contributed by atoms with Crippen LogP contribution in [0.3, 0.4) is 0 Å². The molecule has 0 spiro atoms. The Morgan fingerprint density at radius 1 is 0.974 bits per heavy atom. The van der Waals surface area contributed by atoms with Gasteiger partial charge in [0.15, 0.2) is 5.82 Å². The zero-order valence-electron chi connectivity index (χ0n) is 21.8. The molecule has 0 radical (unpaired) electrons. The number of rotatable bonds is 10. The first-order valence-corrected chi connectivity index (χ1v) is 13.4. The van der Waals surface area contributed by atoms with E-state index in [1.807, 2.05) is 71.6 Å². The highest BCUT2D eigenvalue weighted by Gasteiger charge is 2.31. The normalized spacial score (nSPS) is 15.1. The van der Waals surface area contributed by atoms with Gasteiger partial charge in [-0.05, 0) is 71.0 Å². The quantitative estimate of drug-likeness (QED) is 0.269. The fourth-order valence-corrected chi connectivity index (χ4v) is 5.07. The predicted octanol–water partition coefficient (Wildman–Crippen LogP) is 4.02. The summed E-state index contributed by atoms with van der Waals surface area (Å²) in [7, 11) is 0. The fourth-order valence-electron chi connectivity index (χ4n) is 5.07. The molecular weight excluding hydrogens is 490 g/mol. The number of hydrogen-bond donors (Lipinski definition) is 3. The van der Waals surface area contributed by atoms with E-state index in [2.05, 4.69) is 32.0 Å². The van der Waals surface area contributed by atoms with E-state index in [9.17, 15) is 9.59 Å². The summed E-state index contributed by atoms with van der Waals surface area (Å²) in [4.78, 5) is 28.2. The minimum absolute atomic E-state index is 0.0810. The van der Waals surface area contributed by atoms with E-state index in [0.29, 0.717) is 31.8 Å². The molecule has 1 aliphatic rings. The Balaban J connectivity index is 1.35. The number of nitrogens with zero attached hydrogens (tertiary/aromatic N) is 4. The van der Waals surface area contributed by atoms with E-state index >= 15 is 0 Å². The van der Waals surface area contributed by atoms with Crippen molar-refractivity contribution in [2.45, 2.75) is 51.1 Å². The molecule has 4 N–H and O–H groups in total. The number of anilines is 1. The van der Waals surface area contributed by atoms with E-state index in [0.717, 1.165) is 59.2 Å². The van der Waals surface area contributed by atoms with Gasteiger partial charge in [0.2, 0.25) is 11.8 Å². The monoisotopic (exact) mass is 523 g/mol. The topological polar surface area (TPSA) is 130 Å². The maximum absolute atomic E-state index is 13.8. The lowest BCUT2D eigenvalue weighted by atomic mass is 9.98. The number of nitrogens with two attached hydrogens (primary N) is 1. The molecule has 5 rings (SSSR count). The summed E-state index contributed by atoms with van der Waals surface area (Å²) in [5.41, 5.74) is 11.5. The number of amides is 2. The van der Waals surface area contributed by atoms with Crippen LogP contribution < -0.4 is 16.0 Å². The molecule has 0 saturated heterocycles. The highest BCUT2D eigenvalue weighted by Crippen LogP contribution is 2.32. The number of aromatic nitrogens is 4. The lowest BCUT2D eigenvalue weighted by Gasteiger charge is -2.26. The zero-order chi connectivity index (χ0) is 27.0. The van der Waals surface area contributed by atoms with Crippen molar-refractivity contribution in [3.8, 4) is 22.5 Å². The molecule has 2 heterocycles. The molecule has 1 atom stereocenters. The SMILES string of the molecule is NCCCCCC(=O)NC1CCc2ccccc2N(Cc2ccc(-c3ccccc3-c3nnn[nH]3)cc2)C1=O. The van der Waals surface area contributed by atoms with Crippen molar-refractivity contribution in [3.63, 3.8) is 0 Å². The molecule has 0 fully saturated rings. The average molecular weight is 524 g/mol. The average Bonchev–Trinajstić information content (AvgIpc) is 3.48. The molecular formula is C30H33N7O2. The van der Waals surface area contributed by atoms with Gasteiger partial charge >= 0.3 is 0 Å². The highest BCUT2D eigenvalue weighted by atomic mass is 16.2. The number of tetrazole rings is 1. The van der Waals surface area contributed by atoms with Crippen molar-refractivity contribution < 1.29 is 9.59 Å². The van der Waals surface area contributed by atoms with Crippen LogP contribution >= 0.6 is 0 Å². The number of benzene rings is 3. The van der Waals surface area contributed by atoms with Gasteiger partial charge in [0.25, 0.3) is 0 Å². The first-order valence-electron chi connectivity index (χ1n) is 13.4. The molecule has 0 bridgehead atoms. The highest BCUT2D eigenvalue weighted by molar-refractivity contribution is 6.00. The summed E-state index contributed by atoms with van der Waals surface area (Å²) in [6.45, 7) is 1.04. The van der Waals surface area contributed by atoms with Crippen LogP contribution in [0.25, 0.3) is 22.5 Å². The van der Waals surface area contributed by atoms with Crippen LogP contribution in [0.2, 0.25) is 0 Å². The molecule has 1 aromatic heterocycles. The number of H-pyrrole nitrogens is 1. The van der Waals surface area contributed by atoms with Crippen LogP contribution in [-0.2, 0) is 22.6 Å². The Morgan fingerprint density at radius 3 is 2.51 bits per heavy atom. The molecule has 39 heavy (non-hydrogen) atoms. The molecule has 0 saturated carbocycles. The lowest BCUT2D eigenvalue weighted by molar-refractivity contribution is -0.127. The molecule has 200 valence electrons. The minimum atomic E-state index is -0.555. The fraction of sp³-hybridized carbons (Fsp3) is 0.300. The molecule has 2 amide bonds. The predicted molar refractivity (Wildman–Crippen MR) is 150 cm³/mol. The van der Waals surface area contributed by atoms with Gasteiger partial charge in [-0.1, -0.05) is 73.2 Å². The first kappa shape index (κ1) is 26.2. The lowest BCUT2D eigenvalue weighted by Crippen LogP contribution is -2.47. The minimum Gasteiger partial charge on any atom is -0.344 e. The van der Waals surface area contributed by atoms with Gasteiger partial charge in [0.1, 0.15) is 6.04 Å². The van der Waals surface area contributed by atoms with Gasteiger partial charge in [-0.3, -0.25) is 9.59 Å². The second kappa shape index (κ2) is 12.4. The Hall–Kier alpha value is -4.37. The largest absolute Gasteiger partial charge is 0.344 e. The van der Waals surface area contributed by atoms with Gasteiger partial charge in [0, 0.05) is 17.7 Å². The third-order valence-electron chi connectivity index (χ3n) is 7.13. The van der Waals surface area contributed by atoms with E-state index < -0.39 is 6.04 Å². The zero-order valence-corrected chi connectivity index (χ0v) is 21.8. The third kappa shape index (κ3) is 6.21. The second-order valence-corrected chi connectivity index (χ2v) is 9.80. The van der Waals surface area contributed by atoms with E-state index in [1.54, 1.807) is 0 Å². The first-order chi connectivity index (χ1) is 19.1. The summed E-state index contributed by atoms with van der Waals surface area (Å²) in [5, 5.41) is 17.3. The number of aromatic amines is 1. The Labute approximate surface area is 227 Å². The van der Waals surface area contributed by atoms with Crippen LogP contribution in [0.1, 0.15) is 43.2 Å². The maximum Gasteiger partial charge on any atom is 0.249 e. The van der Waals surface area contributed by atoms with Crippen molar-refractivity contribution in [2.75, 3.05) is 11.4 Å². The summed E-state index contributed by atoms with van der Waals surface area (Å²) in [5.74, 6) is 0.442. The molecule has 0 aliphatic carbocycles. The van der Waals surface area contributed by atoms with E-state index in [4.69, 9.17) is 5.73 Å². The van der Waals surface area contributed by atoms with Crippen molar-refractivity contribution in [1.82, 2.24) is 25.9 Å². The second-order valence-electron chi connectivity index (χ2n) is 9.80. The van der Waals surface area contributed by atoms with E-state index in [1.165, 1.54) is 0 Å². The van der Waals surface area contributed by atoms with Crippen LogP contribution in [0.4, 0.5) is 5.69 Å². The molecule has 1 aliphatic heterocycles. The van der Waals surface area contributed by atoms with Gasteiger partial charge in [-0.15, -0.1) is 5.10 Å². The number of fused-ring (bicyclic) bond motifs is 1. The summed E-state index contributed by atoms with van der Waals surface area (Å²) in [6.07, 6.45) is 4.30.